The number of amides is 2. The molecular weight excluding hydrogens is 404 g/mol. The van der Waals surface area contributed by atoms with Gasteiger partial charge >= 0.3 is 0 Å². The Labute approximate surface area is 190 Å². The molecule has 8 nitrogen and oxygen atoms in total. The average molecular weight is 441 g/mol. The minimum atomic E-state index is 0.0690. The number of piperidine rings is 1. The molecule has 32 heavy (non-hydrogen) atoms. The van der Waals surface area contributed by atoms with E-state index in [9.17, 15) is 9.59 Å². The van der Waals surface area contributed by atoms with Crippen LogP contribution in [0.1, 0.15) is 45.4 Å². The minimum Gasteiger partial charge on any atom is -0.356 e. The van der Waals surface area contributed by atoms with E-state index in [2.05, 4.69) is 17.1 Å². The zero-order chi connectivity index (χ0) is 22.5. The highest BCUT2D eigenvalue weighted by Crippen LogP contribution is 2.28. The SMILES string of the molecule is C[C@@H]1CCCN(CCCNC(=O)CCCN2C(=O)CCn3nc(-c4cccn4C)cc32)C1. The Hall–Kier alpha value is -2.61. The summed E-state index contributed by atoms with van der Waals surface area (Å²) in [7, 11) is 1.99. The summed E-state index contributed by atoms with van der Waals surface area (Å²) in [5, 5.41) is 7.73. The van der Waals surface area contributed by atoms with Crippen molar-refractivity contribution in [1.82, 2.24) is 24.6 Å². The van der Waals surface area contributed by atoms with Gasteiger partial charge in [-0.15, -0.1) is 0 Å². The van der Waals surface area contributed by atoms with Gasteiger partial charge in [-0.3, -0.25) is 14.5 Å². The van der Waals surface area contributed by atoms with Gasteiger partial charge in [0.2, 0.25) is 11.8 Å². The van der Waals surface area contributed by atoms with Crippen molar-refractivity contribution >= 4 is 17.6 Å². The van der Waals surface area contributed by atoms with Crippen molar-refractivity contribution in [1.29, 1.82) is 0 Å². The van der Waals surface area contributed by atoms with E-state index in [1.807, 2.05) is 40.7 Å². The van der Waals surface area contributed by atoms with Gasteiger partial charge in [-0.2, -0.15) is 5.10 Å². The van der Waals surface area contributed by atoms with Gasteiger partial charge in [-0.25, -0.2) is 4.68 Å². The predicted molar refractivity (Wildman–Crippen MR) is 125 cm³/mol. The molecule has 2 amide bonds. The second kappa shape index (κ2) is 10.3. The predicted octanol–water partition coefficient (Wildman–Crippen LogP) is 2.64. The van der Waals surface area contributed by atoms with Crippen LogP contribution in [0.15, 0.2) is 24.4 Å². The molecule has 4 rings (SSSR count). The lowest BCUT2D eigenvalue weighted by Gasteiger charge is -2.30. The second-order valence-electron chi connectivity index (χ2n) is 9.27. The number of nitrogens with one attached hydrogen (secondary N) is 1. The standard InChI is InChI=1S/C24H36N6O2/c1-19-7-3-13-28(18-19)14-6-11-25-22(31)9-5-15-29-23-17-20(21-8-4-12-27(21)2)26-30(23)16-10-24(29)32/h4,8,12,17,19H,3,5-7,9-11,13-16,18H2,1-2H3,(H,25,31)/t19-/m1/s1. The van der Waals surface area contributed by atoms with E-state index < -0.39 is 0 Å². The van der Waals surface area contributed by atoms with Gasteiger partial charge in [0, 0.05) is 51.8 Å². The molecule has 2 aliphatic rings. The molecule has 1 saturated heterocycles. The number of hydrogen-bond acceptors (Lipinski definition) is 4. The van der Waals surface area contributed by atoms with Crippen molar-refractivity contribution in [3.63, 3.8) is 0 Å². The van der Waals surface area contributed by atoms with Crippen LogP contribution in [0.3, 0.4) is 0 Å². The Morgan fingerprint density at radius 1 is 1.25 bits per heavy atom. The molecule has 2 aromatic rings. The molecule has 174 valence electrons. The maximum atomic E-state index is 12.6. The van der Waals surface area contributed by atoms with Crippen LogP contribution in [0.2, 0.25) is 0 Å². The van der Waals surface area contributed by atoms with Crippen molar-refractivity contribution in [2.24, 2.45) is 13.0 Å². The molecular formula is C24H36N6O2. The van der Waals surface area contributed by atoms with E-state index >= 15 is 0 Å². The average Bonchev–Trinajstić information content (AvgIpc) is 3.39. The molecule has 4 heterocycles. The molecule has 0 radical (unpaired) electrons. The monoisotopic (exact) mass is 440 g/mol. The first-order valence-electron chi connectivity index (χ1n) is 12.0. The first kappa shape index (κ1) is 22.6. The summed E-state index contributed by atoms with van der Waals surface area (Å²) in [5.41, 5.74) is 1.89. The van der Waals surface area contributed by atoms with Crippen LogP contribution in [-0.4, -0.2) is 63.8 Å². The third kappa shape index (κ3) is 5.41. The topological polar surface area (TPSA) is 75.4 Å². The molecule has 0 aromatic carbocycles. The van der Waals surface area contributed by atoms with Crippen LogP contribution in [0.25, 0.3) is 11.4 Å². The van der Waals surface area contributed by atoms with Crippen molar-refractivity contribution < 1.29 is 9.59 Å². The van der Waals surface area contributed by atoms with Crippen molar-refractivity contribution in [2.75, 3.05) is 37.6 Å². The van der Waals surface area contributed by atoms with E-state index in [4.69, 9.17) is 5.10 Å². The zero-order valence-electron chi connectivity index (χ0n) is 19.4. The molecule has 0 spiro atoms. The highest BCUT2D eigenvalue weighted by molar-refractivity contribution is 5.94. The normalized spacial score (nSPS) is 19.2. The van der Waals surface area contributed by atoms with Crippen LogP contribution in [0.5, 0.6) is 0 Å². The van der Waals surface area contributed by atoms with Gasteiger partial charge in [0.05, 0.1) is 12.2 Å². The molecule has 1 atom stereocenters. The number of aryl methyl sites for hydroxylation is 2. The summed E-state index contributed by atoms with van der Waals surface area (Å²) in [5.74, 6) is 1.79. The summed E-state index contributed by atoms with van der Waals surface area (Å²) < 4.78 is 3.93. The molecule has 2 aliphatic heterocycles. The Morgan fingerprint density at radius 3 is 2.91 bits per heavy atom. The summed E-state index contributed by atoms with van der Waals surface area (Å²) in [6.07, 6.45) is 7.12. The molecule has 1 N–H and O–H groups in total. The smallest absolute Gasteiger partial charge is 0.229 e. The quantitative estimate of drug-likeness (QED) is 0.609. The number of anilines is 1. The molecule has 1 fully saturated rings. The van der Waals surface area contributed by atoms with E-state index in [1.165, 1.54) is 25.9 Å². The maximum Gasteiger partial charge on any atom is 0.229 e. The van der Waals surface area contributed by atoms with Crippen LogP contribution < -0.4 is 10.2 Å². The van der Waals surface area contributed by atoms with Gasteiger partial charge in [0.15, 0.2) is 0 Å². The van der Waals surface area contributed by atoms with Gasteiger partial charge in [-0.05, 0) is 56.8 Å². The largest absolute Gasteiger partial charge is 0.356 e. The summed E-state index contributed by atoms with van der Waals surface area (Å²) in [4.78, 5) is 29.1. The number of hydrogen-bond donors (Lipinski definition) is 1. The van der Waals surface area contributed by atoms with Gasteiger partial charge < -0.3 is 14.8 Å². The van der Waals surface area contributed by atoms with Crippen LogP contribution in [0.4, 0.5) is 5.82 Å². The van der Waals surface area contributed by atoms with E-state index in [0.717, 1.165) is 42.6 Å². The first-order valence-corrected chi connectivity index (χ1v) is 12.0. The van der Waals surface area contributed by atoms with E-state index in [-0.39, 0.29) is 11.8 Å². The minimum absolute atomic E-state index is 0.0690. The fraction of sp³-hybridized carbons (Fsp3) is 0.625. The number of rotatable bonds is 9. The second-order valence-corrected chi connectivity index (χ2v) is 9.27. The lowest BCUT2D eigenvalue weighted by Crippen LogP contribution is -2.38. The Morgan fingerprint density at radius 2 is 2.12 bits per heavy atom. The lowest BCUT2D eigenvalue weighted by molar-refractivity contribution is -0.122. The molecule has 8 heteroatoms. The fourth-order valence-electron chi connectivity index (χ4n) is 4.85. The van der Waals surface area contributed by atoms with Gasteiger partial charge in [-0.1, -0.05) is 6.92 Å². The highest BCUT2D eigenvalue weighted by atomic mass is 16.2. The Bertz CT molecular complexity index is 933. The van der Waals surface area contributed by atoms with Crippen molar-refractivity contribution in [2.45, 2.75) is 52.0 Å². The molecule has 0 aliphatic carbocycles. The maximum absolute atomic E-state index is 12.6. The van der Waals surface area contributed by atoms with Crippen LogP contribution >= 0.6 is 0 Å². The van der Waals surface area contributed by atoms with Crippen molar-refractivity contribution in [3.05, 3.63) is 24.4 Å². The summed E-state index contributed by atoms with van der Waals surface area (Å²) in [6.45, 7) is 7.60. The number of likely N-dealkylation sites (tertiary alicyclic amines) is 1. The Balaban J connectivity index is 1.22. The molecule has 2 aromatic heterocycles. The molecule has 0 bridgehead atoms. The number of aromatic nitrogens is 3. The number of carbonyl (C=O) groups is 2. The van der Waals surface area contributed by atoms with Gasteiger partial charge in [0.1, 0.15) is 11.5 Å². The summed E-state index contributed by atoms with van der Waals surface area (Å²) in [6, 6.07) is 5.99. The lowest BCUT2D eigenvalue weighted by atomic mass is 10.0. The van der Waals surface area contributed by atoms with Gasteiger partial charge in [0.25, 0.3) is 0 Å². The van der Waals surface area contributed by atoms with E-state index in [1.54, 1.807) is 4.90 Å². The number of carbonyl (C=O) groups excluding carboxylic acids is 2. The highest BCUT2D eigenvalue weighted by Gasteiger charge is 2.26. The van der Waals surface area contributed by atoms with Crippen molar-refractivity contribution in [3.8, 4) is 11.4 Å². The zero-order valence-corrected chi connectivity index (χ0v) is 19.4. The fourth-order valence-corrected chi connectivity index (χ4v) is 4.85. The number of fused-ring (bicyclic) bond motifs is 1. The first-order chi connectivity index (χ1) is 15.5. The summed E-state index contributed by atoms with van der Waals surface area (Å²) >= 11 is 0. The molecule has 0 unspecified atom stereocenters. The third-order valence-corrected chi connectivity index (χ3v) is 6.58. The van der Waals surface area contributed by atoms with E-state index in [0.29, 0.717) is 32.4 Å². The number of nitrogens with zero attached hydrogens (tertiary/aromatic N) is 5. The molecule has 0 saturated carbocycles. The van der Waals surface area contributed by atoms with Crippen LogP contribution in [-0.2, 0) is 23.2 Å². The Kier molecular flexibility index (Phi) is 7.29. The third-order valence-electron chi connectivity index (χ3n) is 6.58. The van der Waals surface area contributed by atoms with Crippen LogP contribution in [0, 0.1) is 5.92 Å².